The molecule has 2 unspecified atom stereocenters. The Kier molecular flexibility index (Phi) is 5.99. The molecule has 0 bridgehead atoms. The van der Waals surface area contributed by atoms with Crippen molar-refractivity contribution in [3.63, 3.8) is 0 Å². The van der Waals surface area contributed by atoms with E-state index in [1.54, 1.807) is 24.3 Å². The highest BCUT2D eigenvalue weighted by Gasteiger charge is 2.45. The molecule has 4 atom stereocenters. The molecule has 0 aromatic heterocycles. The van der Waals surface area contributed by atoms with Crippen LogP contribution >= 0.6 is 0 Å². The van der Waals surface area contributed by atoms with Crippen LogP contribution in [-0.4, -0.2) is 49.4 Å². The zero-order valence-electron chi connectivity index (χ0n) is 15.3. The Hall–Kier alpha value is -1.76. The first-order valence-corrected chi connectivity index (χ1v) is 10.7. The van der Waals surface area contributed by atoms with Crippen molar-refractivity contribution >= 4 is 9.84 Å². The number of rotatable bonds is 7. The lowest BCUT2D eigenvalue weighted by Crippen LogP contribution is -2.33. The number of halogens is 1. The molecule has 146 valence electrons. The van der Waals surface area contributed by atoms with Gasteiger partial charge in [0.2, 0.25) is 0 Å². The number of sulfone groups is 1. The van der Waals surface area contributed by atoms with E-state index in [2.05, 4.69) is 18.1 Å². The van der Waals surface area contributed by atoms with Crippen molar-refractivity contribution < 1.29 is 17.9 Å². The monoisotopic (exact) mass is 391 g/mol. The summed E-state index contributed by atoms with van der Waals surface area (Å²) in [5, 5.41) is 9.99. The third-order valence-electron chi connectivity index (χ3n) is 5.67. The highest BCUT2D eigenvalue weighted by atomic mass is 32.2. The standard InChI is InChI=1S/C21H26FNO3S/c1-3-16(9-15(2)22)21(24)14-23-12-17-10-20(11-18(17)13-23)27(25,26)19-7-5-4-6-8-19/h3-9,17-18,20-21,24H,1-2,10-14H2/b16-9+/t17-,18+,20?,21?. The number of aliphatic hydroxyl groups is 1. The second-order valence-corrected chi connectivity index (χ2v) is 9.73. The van der Waals surface area contributed by atoms with Crippen LogP contribution in [0.25, 0.3) is 0 Å². The van der Waals surface area contributed by atoms with Crippen LogP contribution in [0.2, 0.25) is 0 Å². The summed E-state index contributed by atoms with van der Waals surface area (Å²) in [4.78, 5) is 2.53. The smallest absolute Gasteiger partial charge is 0.181 e. The largest absolute Gasteiger partial charge is 0.387 e. The third-order valence-corrected chi connectivity index (χ3v) is 7.86. The van der Waals surface area contributed by atoms with Crippen molar-refractivity contribution in [3.05, 3.63) is 67.0 Å². The molecule has 3 rings (SSSR count). The fraction of sp³-hybridized carbons (Fsp3) is 0.429. The molecule has 27 heavy (non-hydrogen) atoms. The Morgan fingerprint density at radius 3 is 2.37 bits per heavy atom. The van der Waals surface area contributed by atoms with Gasteiger partial charge in [0, 0.05) is 19.6 Å². The van der Waals surface area contributed by atoms with Gasteiger partial charge in [-0.3, -0.25) is 4.90 Å². The maximum Gasteiger partial charge on any atom is 0.181 e. The van der Waals surface area contributed by atoms with E-state index < -0.39 is 21.8 Å². The third kappa shape index (κ3) is 4.39. The molecule has 1 aliphatic heterocycles. The first kappa shape index (κ1) is 20.0. The normalized spacial score (nSPS) is 27.3. The summed E-state index contributed by atoms with van der Waals surface area (Å²) in [7, 11) is -3.29. The molecule has 1 saturated heterocycles. The van der Waals surface area contributed by atoms with Crippen LogP contribution in [0.5, 0.6) is 0 Å². The molecule has 2 fully saturated rings. The summed E-state index contributed by atoms with van der Waals surface area (Å²) in [5.74, 6) is 0.0113. The van der Waals surface area contributed by atoms with Gasteiger partial charge in [0.05, 0.1) is 16.2 Å². The molecule has 4 nitrogen and oxygen atoms in total. The number of hydrogen-bond acceptors (Lipinski definition) is 4. The Morgan fingerprint density at radius 2 is 1.85 bits per heavy atom. The quantitative estimate of drug-likeness (QED) is 0.726. The van der Waals surface area contributed by atoms with Crippen molar-refractivity contribution in [1.29, 1.82) is 0 Å². The lowest BCUT2D eigenvalue weighted by molar-refractivity contribution is 0.151. The average Bonchev–Trinajstić information content (AvgIpc) is 3.19. The number of β-amino-alcohol motifs (C(OH)–C–C–N with tert-alkyl or cyclic N) is 1. The van der Waals surface area contributed by atoms with Gasteiger partial charge < -0.3 is 5.11 Å². The lowest BCUT2D eigenvalue weighted by Gasteiger charge is -2.22. The molecule has 1 aromatic rings. The van der Waals surface area contributed by atoms with Crippen molar-refractivity contribution in [1.82, 2.24) is 4.90 Å². The van der Waals surface area contributed by atoms with Crippen LogP contribution in [-0.2, 0) is 9.84 Å². The molecular formula is C21H26FNO3S. The Morgan fingerprint density at radius 1 is 1.26 bits per heavy atom. The molecule has 1 heterocycles. The van der Waals surface area contributed by atoms with Gasteiger partial charge in [0.1, 0.15) is 5.83 Å². The first-order valence-electron chi connectivity index (χ1n) is 9.19. The zero-order chi connectivity index (χ0) is 19.6. The second kappa shape index (κ2) is 8.09. The van der Waals surface area contributed by atoms with Crippen LogP contribution in [0.4, 0.5) is 4.39 Å². The Bertz CT molecular complexity index is 820. The number of benzene rings is 1. The molecule has 0 radical (unpaired) electrons. The van der Waals surface area contributed by atoms with Crippen molar-refractivity contribution in [2.75, 3.05) is 19.6 Å². The first-order chi connectivity index (χ1) is 12.8. The lowest BCUT2D eigenvalue weighted by atomic mass is 10.0. The summed E-state index contributed by atoms with van der Waals surface area (Å²) in [6.45, 7) is 8.69. The molecule has 2 aliphatic rings. The number of aliphatic hydroxyl groups excluding tert-OH is 1. The van der Waals surface area contributed by atoms with E-state index in [-0.39, 0.29) is 5.25 Å². The zero-order valence-corrected chi connectivity index (χ0v) is 16.1. The van der Waals surface area contributed by atoms with E-state index in [0.717, 1.165) is 13.1 Å². The summed E-state index contributed by atoms with van der Waals surface area (Å²) in [5.41, 5.74) is 0.407. The van der Waals surface area contributed by atoms with Gasteiger partial charge in [-0.25, -0.2) is 12.8 Å². The maximum absolute atomic E-state index is 13.0. The van der Waals surface area contributed by atoms with Crippen LogP contribution in [0.1, 0.15) is 12.8 Å². The minimum atomic E-state index is -3.29. The molecule has 0 spiro atoms. The Balaban J connectivity index is 1.60. The highest BCUT2D eigenvalue weighted by molar-refractivity contribution is 7.92. The fourth-order valence-electron chi connectivity index (χ4n) is 4.37. The van der Waals surface area contributed by atoms with Gasteiger partial charge in [0.15, 0.2) is 9.84 Å². The minimum absolute atomic E-state index is 0.313. The summed E-state index contributed by atoms with van der Waals surface area (Å²) < 4.78 is 38.7. The molecular weight excluding hydrogens is 365 g/mol. The van der Waals surface area contributed by atoms with Gasteiger partial charge >= 0.3 is 0 Å². The molecule has 6 heteroatoms. The summed E-state index contributed by atoms with van der Waals surface area (Å²) in [6, 6.07) is 8.64. The van der Waals surface area contributed by atoms with E-state index in [9.17, 15) is 17.9 Å². The summed E-state index contributed by atoms with van der Waals surface area (Å²) in [6.07, 6.45) is 3.10. The van der Waals surface area contributed by atoms with E-state index in [1.807, 2.05) is 6.07 Å². The highest BCUT2D eigenvalue weighted by Crippen LogP contribution is 2.42. The van der Waals surface area contributed by atoms with Gasteiger partial charge in [-0.15, -0.1) is 0 Å². The maximum atomic E-state index is 13.0. The number of likely N-dealkylation sites (tertiary alicyclic amines) is 1. The average molecular weight is 392 g/mol. The number of nitrogens with zero attached hydrogens (tertiary/aromatic N) is 1. The molecule has 1 aliphatic carbocycles. The van der Waals surface area contributed by atoms with Crippen LogP contribution < -0.4 is 0 Å². The predicted molar refractivity (Wildman–Crippen MR) is 105 cm³/mol. The van der Waals surface area contributed by atoms with Crippen molar-refractivity contribution in [2.24, 2.45) is 11.8 Å². The minimum Gasteiger partial charge on any atom is -0.387 e. The van der Waals surface area contributed by atoms with Gasteiger partial charge in [-0.05, 0) is 48.5 Å². The Labute approximate surface area is 160 Å². The molecule has 0 amide bonds. The topological polar surface area (TPSA) is 57.6 Å². The summed E-state index contributed by atoms with van der Waals surface area (Å²) >= 11 is 0. The number of fused-ring (bicyclic) bond motifs is 1. The second-order valence-electron chi connectivity index (χ2n) is 7.50. The molecule has 1 N–H and O–H groups in total. The van der Waals surface area contributed by atoms with Crippen LogP contribution in [0.15, 0.2) is 71.9 Å². The SMILES string of the molecule is C=C/C(=C\C(=C)F)C(O)CN1C[C@H]2CC(S(=O)(=O)c3ccccc3)C[C@H]2C1. The fourth-order valence-corrected chi connectivity index (χ4v) is 6.29. The van der Waals surface area contributed by atoms with E-state index >= 15 is 0 Å². The molecule has 1 saturated carbocycles. The van der Waals surface area contributed by atoms with Crippen molar-refractivity contribution in [2.45, 2.75) is 29.1 Å². The van der Waals surface area contributed by atoms with Crippen molar-refractivity contribution in [3.8, 4) is 0 Å². The predicted octanol–water partition coefficient (Wildman–Crippen LogP) is 3.13. The van der Waals surface area contributed by atoms with Gasteiger partial charge in [-0.2, -0.15) is 0 Å². The van der Waals surface area contributed by atoms with Gasteiger partial charge in [-0.1, -0.05) is 37.4 Å². The van der Waals surface area contributed by atoms with Crippen LogP contribution in [0, 0.1) is 11.8 Å². The molecule has 1 aromatic carbocycles. The van der Waals surface area contributed by atoms with E-state index in [0.29, 0.717) is 41.7 Å². The number of hydrogen-bond donors (Lipinski definition) is 1. The number of allylic oxidation sites excluding steroid dienone is 2. The van der Waals surface area contributed by atoms with E-state index in [4.69, 9.17) is 0 Å². The van der Waals surface area contributed by atoms with Crippen LogP contribution in [0.3, 0.4) is 0 Å². The van der Waals surface area contributed by atoms with E-state index in [1.165, 1.54) is 12.2 Å². The van der Waals surface area contributed by atoms with Gasteiger partial charge in [0.25, 0.3) is 0 Å².